The van der Waals surface area contributed by atoms with E-state index in [4.69, 9.17) is 9.84 Å². The van der Waals surface area contributed by atoms with Crippen LogP contribution in [0, 0.1) is 11.3 Å². The summed E-state index contributed by atoms with van der Waals surface area (Å²) in [7, 11) is 0. The average molecular weight is 447 g/mol. The Morgan fingerprint density at radius 3 is 2.44 bits per heavy atom. The van der Waals surface area contributed by atoms with E-state index in [9.17, 15) is 14.4 Å². The summed E-state index contributed by atoms with van der Waals surface area (Å²) in [5.41, 5.74) is 1.46. The van der Waals surface area contributed by atoms with Crippen LogP contribution in [0.5, 0.6) is 0 Å². The van der Waals surface area contributed by atoms with Crippen LogP contribution in [0.3, 0.4) is 0 Å². The highest BCUT2D eigenvalue weighted by Gasteiger charge is 2.41. The molecule has 1 heterocycles. The average Bonchev–Trinajstić information content (AvgIpc) is 2.70. The van der Waals surface area contributed by atoms with Gasteiger partial charge in [-0.05, 0) is 42.6 Å². The van der Waals surface area contributed by atoms with E-state index in [1.807, 2.05) is 26.0 Å². The van der Waals surface area contributed by atoms with Crippen molar-refractivity contribution in [3.05, 3.63) is 35.4 Å². The molecule has 1 aromatic rings. The minimum atomic E-state index is -1.14. The third-order valence-corrected chi connectivity index (χ3v) is 5.67. The van der Waals surface area contributed by atoms with Gasteiger partial charge in [0.1, 0.15) is 12.0 Å². The van der Waals surface area contributed by atoms with Gasteiger partial charge in [0, 0.05) is 12.2 Å². The van der Waals surface area contributed by atoms with Crippen molar-refractivity contribution in [2.75, 3.05) is 6.61 Å². The van der Waals surface area contributed by atoms with Crippen molar-refractivity contribution in [1.29, 1.82) is 0 Å². The number of hydrogen-bond donors (Lipinski definition) is 3. The Bertz CT molecular complexity index is 794. The van der Waals surface area contributed by atoms with Crippen LogP contribution in [-0.2, 0) is 31.3 Å². The Morgan fingerprint density at radius 1 is 1.22 bits per heavy atom. The molecule has 7 nitrogen and oxygen atoms in total. The quantitative estimate of drug-likeness (QED) is 0.476. The lowest BCUT2D eigenvalue weighted by Crippen LogP contribution is -2.59. The smallest absolute Gasteiger partial charge is 0.305 e. The number of carbonyl (C=O) groups is 3. The predicted octanol–water partition coefficient (Wildman–Crippen LogP) is 3.40. The second kappa shape index (κ2) is 11.1. The molecular weight excluding hydrogens is 408 g/mol. The van der Waals surface area contributed by atoms with Crippen LogP contribution in [0.1, 0.15) is 71.4 Å². The van der Waals surface area contributed by atoms with E-state index in [1.54, 1.807) is 0 Å². The van der Waals surface area contributed by atoms with E-state index in [2.05, 4.69) is 43.5 Å². The molecule has 2 rings (SSSR count). The van der Waals surface area contributed by atoms with Gasteiger partial charge in [0.2, 0.25) is 5.91 Å². The highest BCUT2D eigenvalue weighted by atomic mass is 16.5. The van der Waals surface area contributed by atoms with Gasteiger partial charge in [0.05, 0.1) is 18.5 Å². The van der Waals surface area contributed by atoms with Gasteiger partial charge < -0.3 is 20.0 Å². The fourth-order valence-corrected chi connectivity index (χ4v) is 4.22. The normalized spacial score (nSPS) is 21.1. The lowest BCUT2D eigenvalue weighted by molar-refractivity contribution is -0.142. The van der Waals surface area contributed by atoms with E-state index in [-0.39, 0.29) is 11.3 Å². The van der Waals surface area contributed by atoms with Crippen molar-refractivity contribution in [3.63, 3.8) is 0 Å². The molecule has 0 bridgehead atoms. The lowest BCUT2D eigenvalue weighted by Gasteiger charge is -2.43. The number of benzene rings is 1. The van der Waals surface area contributed by atoms with Gasteiger partial charge in [-0.15, -0.1) is 0 Å². The SMILES string of the molecule is CC(C)[C@H](NC1(c2ccccc2CC(C)(C)C)CCCCO1)C(=O)N[C@H](C=O)CC(=O)O. The van der Waals surface area contributed by atoms with Crippen molar-refractivity contribution >= 4 is 18.2 Å². The molecule has 0 spiro atoms. The molecule has 0 saturated carbocycles. The Hall–Kier alpha value is -2.25. The summed E-state index contributed by atoms with van der Waals surface area (Å²) in [6, 6.07) is 6.46. The number of carboxylic acid groups (broad SMARTS) is 1. The van der Waals surface area contributed by atoms with Gasteiger partial charge in [-0.25, -0.2) is 0 Å². The number of hydrogen-bond acceptors (Lipinski definition) is 5. The second-order valence-corrected chi connectivity index (χ2v) is 10.2. The Kier molecular flexibility index (Phi) is 8.98. The first-order valence-corrected chi connectivity index (χ1v) is 11.4. The highest BCUT2D eigenvalue weighted by molar-refractivity contribution is 5.86. The predicted molar refractivity (Wildman–Crippen MR) is 123 cm³/mol. The van der Waals surface area contributed by atoms with E-state index in [0.717, 1.165) is 31.2 Å². The molecule has 1 saturated heterocycles. The lowest BCUT2D eigenvalue weighted by atomic mass is 9.81. The zero-order valence-electron chi connectivity index (χ0n) is 19.9. The van der Waals surface area contributed by atoms with Gasteiger partial charge in [-0.3, -0.25) is 14.9 Å². The maximum absolute atomic E-state index is 13.1. The summed E-state index contributed by atoms with van der Waals surface area (Å²) in [5, 5.41) is 15.1. The van der Waals surface area contributed by atoms with Gasteiger partial charge in [-0.2, -0.15) is 0 Å². The van der Waals surface area contributed by atoms with Gasteiger partial charge in [0.15, 0.2) is 0 Å². The first-order valence-electron chi connectivity index (χ1n) is 11.4. The van der Waals surface area contributed by atoms with Crippen LogP contribution < -0.4 is 10.6 Å². The molecule has 1 amide bonds. The zero-order valence-corrected chi connectivity index (χ0v) is 19.9. The largest absolute Gasteiger partial charge is 0.481 e. The van der Waals surface area contributed by atoms with E-state index in [0.29, 0.717) is 12.9 Å². The van der Waals surface area contributed by atoms with Crippen LogP contribution in [0.15, 0.2) is 24.3 Å². The topological polar surface area (TPSA) is 105 Å². The molecule has 0 aromatic heterocycles. The molecule has 32 heavy (non-hydrogen) atoms. The standard InChI is InChI=1S/C25H38N2O5/c1-17(2)22(23(31)26-19(16-28)14-21(29)30)27-25(12-8-9-13-32-25)20-11-7-6-10-18(20)15-24(3,4)5/h6-7,10-11,16-17,19,22,27H,8-9,12-15H2,1-5H3,(H,26,31)(H,29,30)/t19-,22-,25?/m0/s1. The summed E-state index contributed by atoms with van der Waals surface area (Å²) >= 11 is 0. The molecule has 178 valence electrons. The first kappa shape index (κ1) is 26.0. The Labute approximate surface area is 191 Å². The number of rotatable bonds is 10. The maximum atomic E-state index is 13.1. The first-order chi connectivity index (χ1) is 15.0. The molecule has 3 N–H and O–H groups in total. The van der Waals surface area contributed by atoms with E-state index >= 15 is 0 Å². The molecule has 1 fully saturated rings. The fourth-order valence-electron chi connectivity index (χ4n) is 4.22. The van der Waals surface area contributed by atoms with E-state index < -0.39 is 36.1 Å². The number of aldehydes is 1. The van der Waals surface area contributed by atoms with Crippen LogP contribution in [-0.4, -0.2) is 42.0 Å². The van der Waals surface area contributed by atoms with Crippen molar-refractivity contribution < 1.29 is 24.2 Å². The molecule has 1 unspecified atom stereocenters. The van der Waals surface area contributed by atoms with Gasteiger partial charge in [-0.1, -0.05) is 58.9 Å². The molecule has 7 heteroatoms. The number of amides is 1. The van der Waals surface area contributed by atoms with Gasteiger partial charge >= 0.3 is 5.97 Å². The molecular formula is C25H38N2O5. The van der Waals surface area contributed by atoms with Gasteiger partial charge in [0.25, 0.3) is 0 Å². The number of carboxylic acids is 1. The van der Waals surface area contributed by atoms with Crippen molar-refractivity contribution in [2.24, 2.45) is 11.3 Å². The number of carbonyl (C=O) groups excluding carboxylic acids is 2. The summed E-state index contributed by atoms with van der Waals surface area (Å²) in [4.78, 5) is 35.4. The van der Waals surface area contributed by atoms with Crippen LogP contribution in [0.2, 0.25) is 0 Å². The van der Waals surface area contributed by atoms with Crippen molar-refractivity contribution in [2.45, 2.75) is 84.5 Å². The van der Waals surface area contributed by atoms with Crippen LogP contribution >= 0.6 is 0 Å². The fraction of sp³-hybridized carbons (Fsp3) is 0.640. The second-order valence-electron chi connectivity index (χ2n) is 10.2. The molecule has 1 aliphatic heterocycles. The molecule has 3 atom stereocenters. The van der Waals surface area contributed by atoms with Crippen LogP contribution in [0.4, 0.5) is 0 Å². The van der Waals surface area contributed by atoms with Crippen LogP contribution in [0.25, 0.3) is 0 Å². The minimum absolute atomic E-state index is 0.0782. The molecule has 0 aliphatic carbocycles. The Balaban J connectivity index is 2.39. The minimum Gasteiger partial charge on any atom is -0.481 e. The highest BCUT2D eigenvalue weighted by Crippen LogP contribution is 2.37. The Morgan fingerprint density at radius 2 is 1.91 bits per heavy atom. The summed E-state index contributed by atoms with van der Waals surface area (Å²) in [5.74, 6) is -1.65. The summed E-state index contributed by atoms with van der Waals surface area (Å²) in [6.07, 6.45) is 3.51. The maximum Gasteiger partial charge on any atom is 0.305 e. The van der Waals surface area contributed by atoms with Crippen molar-refractivity contribution in [1.82, 2.24) is 10.6 Å². The molecule has 1 aliphatic rings. The monoisotopic (exact) mass is 446 g/mol. The summed E-state index contributed by atoms with van der Waals surface area (Å²) in [6.45, 7) is 11.0. The van der Waals surface area contributed by atoms with Crippen molar-refractivity contribution in [3.8, 4) is 0 Å². The third-order valence-electron chi connectivity index (χ3n) is 5.67. The van der Waals surface area contributed by atoms with E-state index in [1.165, 1.54) is 5.56 Å². The third kappa shape index (κ3) is 7.14. The molecule has 1 aromatic carbocycles. The summed E-state index contributed by atoms with van der Waals surface area (Å²) < 4.78 is 6.38. The number of aliphatic carboxylic acids is 1. The number of nitrogens with one attached hydrogen (secondary N) is 2. The number of ether oxygens (including phenoxy) is 1. The zero-order chi connectivity index (χ0) is 23.9. The molecule has 0 radical (unpaired) electrons.